The Labute approximate surface area is 84.6 Å². The lowest BCUT2D eigenvalue weighted by molar-refractivity contribution is 0.0652. The van der Waals surface area contributed by atoms with Crippen LogP contribution in [0.15, 0.2) is 23.0 Å². The number of carboxylic acids is 1. The molecule has 0 aliphatic heterocycles. The number of rotatable bonds is 2. The van der Waals surface area contributed by atoms with E-state index in [2.05, 4.69) is 19.6 Å². The summed E-state index contributed by atoms with van der Waals surface area (Å²) in [5, 5.41) is 12.2. The Bertz CT molecular complexity index is 490. The molecule has 1 N–H and O–H groups in total. The zero-order valence-electron chi connectivity index (χ0n) is 7.84. The molecule has 0 atom stereocenters. The standard InChI is InChI=1S/C9H7N3O3/c1-5-3-11-7(4-10-5)6-2-8(9(13)14)15-12-6/h2-4H,1H3,(H,13,14). The minimum absolute atomic E-state index is 0.215. The van der Waals surface area contributed by atoms with Crippen LogP contribution in [-0.2, 0) is 0 Å². The number of aromatic nitrogens is 3. The maximum atomic E-state index is 10.5. The van der Waals surface area contributed by atoms with Crippen LogP contribution in [0.1, 0.15) is 16.2 Å². The predicted molar refractivity (Wildman–Crippen MR) is 49.2 cm³/mol. The van der Waals surface area contributed by atoms with Gasteiger partial charge in [-0.2, -0.15) is 0 Å². The first kappa shape index (κ1) is 9.32. The largest absolute Gasteiger partial charge is 0.475 e. The third-order valence-electron chi connectivity index (χ3n) is 1.76. The molecule has 0 aliphatic rings. The van der Waals surface area contributed by atoms with Crippen molar-refractivity contribution >= 4 is 5.97 Å². The Hall–Kier alpha value is -2.24. The van der Waals surface area contributed by atoms with Crippen molar-refractivity contribution in [1.29, 1.82) is 0 Å². The van der Waals surface area contributed by atoms with Gasteiger partial charge in [0.1, 0.15) is 11.4 Å². The molecule has 0 bridgehead atoms. The van der Waals surface area contributed by atoms with Gasteiger partial charge >= 0.3 is 5.97 Å². The van der Waals surface area contributed by atoms with Crippen LogP contribution in [0, 0.1) is 6.92 Å². The van der Waals surface area contributed by atoms with Gasteiger partial charge in [-0.15, -0.1) is 0 Å². The molecule has 0 spiro atoms. The summed E-state index contributed by atoms with van der Waals surface area (Å²) in [6.07, 6.45) is 3.09. The van der Waals surface area contributed by atoms with Crippen molar-refractivity contribution in [3.8, 4) is 11.4 Å². The highest BCUT2D eigenvalue weighted by molar-refractivity contribution is 5.85. The highest BCUT2D eigenvalue weighted by Gasteiger charge is 2.12. The molecule has 6 nitrogen and oxygen atoms in total. The van der Waals surface area contributed by atoms with Gasteiger partial charge in [0.05, 0.1) is 11.9 Å². The molecule has 0 saturated heterocycles. The second-order valence-corrected chi connectivity index (χ2v) is 2.92. The van der Waals surface area contributed by atoms with Crippen molar-refractivity contribution in [2.45, 2.75) is 6.92 Å². The monoisotopic (exact) mass is 205 g/mol. The molecule has 0 amide bonds. The molecular formula is C9H7N3O3. The smallest absolute Gasteiger partial charge is 0.374 e. The molecule has 76 valence electrons. The summed E-state index contributed by atoms with van der Waals surface area (Å²) in [5.74, 6) is -1.37. The lowest BCUT2D eigenvalue weighted by Crippen LogP contribution is -1.92. The van der Waals surface area contributed by atoms with Crippen molar-refractivity contribution in [2.24, 2.45) is 0 Å². The maximum Gasteiger partial charge on any atom is 0.374 e. The Balaban J connectivity index is 2.37. The molecule has 0 aromatic carbocycles. The molecule has 0 unspecified atom stereocenters. The first-order valence-corrected chi connectivity index (χ1v) is 4.16. The van der Waals surface area contributed by atoms with E-state index in [0.717, 1.165) is 5.69 Å². The third-order valence-corrected chi connectivity index (χ3v) is 1.76. The van der Waals surface area contributed by atoms with Gasteiger partial charge in [0, 0.05) is 12.3 Å². The summed E-state index contributed by atoms with van der Waals surface area (Å²) >= 11 is 0. The Morgan fingerprint density at radius 1 is 1.33 bits per heavy atom. The van der Waals surface area contributed by atoms with E-state index in [9.17, 15) is 4.79 Å². The summed E-state index contributed by atoms with van der Waals surface area (Å²) in [4.78, 5) is 18.6. The molecular weight excluding hydrogens is 198 g/mol. The number of hydrogen-bond acceptors (Lipinski definition) is 5. The molecule has 6 heteroatoms. The van der Waals surface area contributed by atoms with Gasteiger partial charge in [0.2, 0.25) is 5.76 Å². The van der Waals surface area contributed by atoms with Gasteiger partial charge in [0.25, 0.3) is 0 Å². The highest BCUT2D eigenvalue weighted by Crippen LogP contribution is 2.15. The Morgan fingerprint density at radius 3 is 2.67 bits per heavy atom. The molecule has 15 heavy (non-hydrogen) atoms. The minimum atomic E-state index is -1.16. The molecule has 0 saturated carbocycles. The fraction of sp³-hybridized carbons (Fsp3) is 0.111. The molecule has 2 aromatic heterocycles. The third kappa shape index (κ3) is 1.83. The van der Waals surface area contributed by atoms with Crippen LogP contribution >= 0.6 is 0 Å². The van der Waals surface area contributed by atoms with Crippen LogP contribution < -0.4 is 0 Å². The van der Waals surface area contributed by atoms with Gasteiger partial charge in [-0.1, -0.05) is 5.16 Å². The van der Waals surface area contributed by atoms with Gasteiger partial charge in [-0.25, -0.2) is 4.79 Å². The Morgan fingerprint density at radius 2 is 2.13 bits per heavy atom. The van der Waals surface area contributed by atoms with E-state index < -0.39 is 5.97 Å². The number of nitrogens with zero attached hydrogens (tertiary/aromatic N) is 3. The van der Waals surface area contributed by atoms with E-state index in [0.29, 0.717) is 11.4 Å². The number of hydrogen-bond donors (Lipinski definition) is 1. The van der Waals surface area contributed by atoms with Crippen molar-refractivity contribution in [3.63, 3.8) is 0 Å². The number of aromatic carboxylic acids is 1. The summed E-state index contributed by atoms with van der Waals surface area (Å²) in [6, 6.07) is 1.31. The molecule has 0 radical (unpaired) electrons. The van der Waals surface area contributed by atoms with Crippen molar-refractivity contribution < 1.29 is 14.4 Å². The summed E-state index contributed by atoms with van der Waals surface area (Å²) in [5.41, 5.74) is 1.62. The molecule has 0 fully saturated rings. The van der Waals surface area contributed by atoms with E-state index in [1.807, 2.05) is 6.92 Å². The van der Waals surface area contributed by atoms with Crippen molar-refractivity contribution in [3.05, 3.63) is 29.9 Å². The summed E-state index contributed by atoms with van der Waals surface area (Å²) in [7, 11) is 0. The highest BCUT2D eigenvalue weighted by atomic mass is 16.5. The molecule has 2 rings (SSSR count). The van der Waals surface area contributed by atoms with Crippen molar-refractivity contribution in [1.82, 2.24) is 15.1 Å². The van der Waals surface area contributed by atoms with Crippen LogP contribution in [0.3, 0.4) is 0 Å². The lowest BCUT2D eigenvalue weighted by Gasteiger charge is -1.93. The van der Waals surface area contributed by atoms with Gasteiger partial charge in [-0.05, 0) is 6.92 Å². The predicted octanol–water partition coefficient (Wildman–Crippen LogP) is 1.14. The number of carboxylic acid groups (broad SMARTS) is 1. The number of carbonyl (C=O) groups is 1. The summed E-state index contributed by atoms with van der Waals surface area (Å²) in [6.45, 7) is 1.81. The minimum Gasteiger partial charge on any atom is -0.475 e. The quantitative estimate of drug-likeness (QED) is 0.790. The molecule has 0 aliphatic carbocycles. The Kier molecular flexibility index (Phi) is 2.17. The average Bonchev–Trinajstić information content (AvgIpc) is 2.68. The lowest BCUT2D eigenvalue weighted by atomic mass is 10.3. The van der Waals surface area contributed by atoms with Crippen LogP contribution in [0.5, 0.6) is 0 Å². The first-order chi connectivity index (χ1) is 7.16. The SMILES string of the molecule is Cc1cnc(-c2cc(C(=O)O)on2)cn1. The second-order valence-electron chi connectivity index (χ2n) is 2.92. The van der Waals surface area contributed by atoms with Crippen LogP contribution in [-0.4, -0.2) is 26.2 Å². The first-order valence-electron chi connectivity index (χ1n) is 4.16. The van der Waals surface area contributed by atoms with E-state index in [1.54, 1.807) is 6.20 Å². The van der Waals surface area contributed by atoms with E-state index in [4.69, 9.17) is 5.11 Å². The fourth-order valence-electron chi connectivity index (χ4n) is 1.02. The van der Waals surface area contributed by atoms with Gasteiger partial charge < -0.3 is 9.63 Å². The van der Waals surface area contributed by atoms with E-state index >= 15 is 0 Å². The number of aryl methyl sites for hydroxylation is 1. The van der Waals surface area contributed by atoms with Crippen LogP contribution in [0.25, 0.3) is 11.4 Å². The van der Waals surface area contributed by atoms with E-state index in [-0.39, 0.29) is 5.76 Å². The zero-order valence-corrected chi connectivity index (χ0v) is 7.84. The molecule has 2 heterocycles. The fourth-order valence-corrected chi connectivity index (χ4v) is 1.02. The van der Waals surface area contributed by atoms with Gasteiger partial charge in [0.15, 0.2) is 0 Å². The van der Waals surface area contributed by atoms with Crippen LogP contribution in [0.4, 0.5) is 0 Å². The van der Waals surface area contributed by atoms with Crippen molar-refractivity contribution in [2.75, 3.05) is 0 Å². The second kappa shape index (κ2) is 3.49. The average molecular weight is 205 g/mol. The van der Waals surface area contributed by atoms with Gasteiger partial charge in [-0.3, -0.25) is 9.97 Å². The van der Waals surface area contributed by atoms with E-state index in [1.165, 1.54) is 12.3 Å². The topological polar surface area (TPSA) is 89.1 Å². The summed E-state index contributed by atoms with van der Waals surface area (Å²) < 4.78 is 4.59. The normalized spacial score (nSPS) is 10.2. The zero-order chi connectivity index (χ0) is 10.8. The maximum absolute atomic E-state index is 10.5. The van der Waals surface area contributed by atoms with Crippen LogP contribution in [0.2, 0.25) is 0 Å². The molecule has 2 aromatic rings.